The molecule has 0 bridgehead atoms. The summed E-state index contributed by atoms with van der Waals surface area (Å²) in [6.07, 6.45) is -2.37. The first-order valence-corrected chi connectivity index (χ1v) is 5.88. The fraction of sp³-hybridized carbons (Fsp3) is 0.400. The largest absolute Gasteiger partial charge is 0.367 e. The number of alkyl halides is 3. The summed E-state index contributed by atoms with van der Waals surface area (Å²) >= 11 is 9.28. The Bertz CT molecular complexity index is 333. The molecule has 0 radical (unpaired) electrons. The molecule has 0 heterocycles. The molecule has 5 heteroatoms. The van der Waals surface area contributed by atoms with E-state index < -0.39 is 6.43 Å². The molecular weight excluding hydrogens is 287 g/mol. The van der Waals surface area contributed by atoms with Gasteiger partial charge in [-0.3, -0.25) is 0 Å². The lowest BCUT2D eigenvalue weighted by molar-refractivity contribution is 0.156. The second-order valence-electron chi connectivity index (χ2n) is 3.15. The van der Waals surface area contributed by atoms with Gasteiger partial charge in [0.2, 0.25) is 0 Å². The topological polar surface area (TPSA) is 3.24 Å². The highest BCUT2D eigenvalue weighted by molar-refractivity contribution is 9.08. The van der Waals surface area contributed by atoms with Crippen molar-refractivity contribution in [2.75, 3.05) is 18.5 Å². The zero-order valence-corrected chi connectivity index (χ0v) is 10.5. The Morgan fingerprint density at radius 3 is 2.67 bits per heavy atom. The van der Waals surface area contributed by atoms with E-state index in [1.165, 1.54) is 4.90 Å². The Kier molecular flexibility index (Phi) is 4.80. The number of rotatable bonds is 4. The van der Waals surface area contributed by atoms with Crippen molar-refractivity contribution in [2.45, 2.75) is 11.8 Å². The van der Waals surface area contributed by atoms with Crippen LogP contribution in [0.2, 0.25) is 5.02 Å². The van der Waals surface area contributed by atoms with Crippen LogP contribution < -0.4 is 4.90 Å². The van der Waals surface area contributed by atoms with Crippen molar-refractivity contribution in [3.05, 3.63) is 28.8 Å². The van der Waals surface area contributed by atoms with Crippen molar-refractivity contribution in [3.63, 3.8) is 0 Å². The molecule has 0 amide bonds. The standard InChI is InChI=1S/C10H11BrClF2N/c1-15(6-9(13)14)10-7(5-11)3-2-4-8(10)12/h2-4,9H,5-6H2,1H3. The average molecular weight is 299 g/mol. The lowest BCUT2D eigenvalue weighted by Gasteiger charge is -2.22. The maximum atomic E-state index is 12.2. The van der Waals surface area contributed by atoms with Crippen LogP contribution in [0.15, 0.2) is 18.2 Å². The Labute approximate surface area is 101 Å². The Morgan fingerprint density at radius 2 is 2.13 bits per heavy atom. The predicted molar refractivity (Wildman–Crippen MR) is 63.4 cm³/mol. The van der Waals surface area contributed by atoms with Crippen molar-refractivity contribution in [1.82, 2.24) is 0 Å². The van der Waals surface area contributed by atoms with Gasteiger partial charge < -0.3 is 4.90 Å². The monoisotopic (exact) mass is 297 g/mol. The summed E-state index contributed by atoms with van der Waals surface area (Å²) < 4.78 is 24.5. The van der Waals surface area contributed by atoms with Gasteiger partial charge in [0.25, 0.3) is 6.43 Å². The van der Waals surface area contributed by atoms with Crippen LogP contribution in [0.4, 0.5) is 14.5 Å². The Balaban J connectivity index is 3.00. The molecule has 1 nitrogen and oxygen atoms in total. The molecule has 1 aromatic carbocycles. The number of hydrogen-bond acceptors (Lipinski definition) is 1. The lowest BCUT2D eigenvalue weighted by Crippen LogP contribution is -2.25. The number of hydrogen-bond donors (Lipinski definition) is 0. The molecule has 0 N–H and O–H groups in total. The van der Waals surface area contributed by atoms with Crippen molar-refractivity contribution >= 4 is 33.2 Å². The van der Waals surface area contributed by atoms with Crippen LogP contribution in [0.25, 0.3) is 0 Å². The van der Waals surface area contributed by atoms with Gasteiger partial charge in [-0.25, -0.2) is 8.78 Å². The molecule has 0 aromatic heterocycles. The fourth-order valence-corrected chi connectivity index (χ4v) is 2.18. The number of anilines is 1. The van der Waals surface area contributed by atoms with Crippen molar-refractivity contribution in [2.24, 2.45) is 0 Å². The zero-order chi connectivity index (χ0) is 11.4. The summed E-state index contributed by atoms with van der Waals surface area (Å²) in [6, 6.07) is 5.36. The Hall–Kier alpha value is -0.350. The number of benzene rings is 1. The van der Waals surface area contributed by atoms with Crippen LogP contribution in [0.3, 0.4) is 0 Å². The highest BCUT2D eigenvalue weighted by Gasteiger charge is 2.14. The molecule has 0 saturated carbocycles. The number of para-hydroxylation sites is 1. The van der Waals surface area contributed by atoms with E-state index in [4.69, 9.17) is 11.6 Å². The minimum atomic E-state index is -2.37. The summed E-state index contributed by atoms with van der Waals surface area (Å²) in [4.78, 5) is 1.48. The molecule has 0 fully saturated rings. The van der Waals surface area contributed by atoms with E-state index in [-0.39, 0.29) is 6.54 Å². The second kappa shape index (κ2) is 5.66. The predicted octanol–water partition coefficient (Wildman–Crippen LogP) is 3.94. The van der Waals surface area contributed by atoms with Crippen molar-refractivity contribution in [3.8, 4) is 0 Å². The summed E-state index contributed by atoms with van der Waals surface area (Å²) in [6.45, 7) is -0.316. The molecule has 15 heavy (non-hydrogen) atoms. The van der Waals surface area contributed by atoms with Gasteiger partial charge in [-0.05, 0) is 11.6 Å². The highest BCUT2D eigenvalue weighted by Crippen LogP contribution is 2.30. The quantitative estimate of drug-likeness (QED) is 0.761. The first-order chi connectivity index (χ1) is 7.06. The lowest BCUT2D eigenvalue weighted by atomic mass is 10.2. The van der Waals surface area contributed by atoms with Gasteiger partial charge in [-0.15, -0.1) is 0 Å². The van der Waals surface area contributed by atoms with Gasteiger partial charge in [0.1, 0.15) is 0 Å². The van der Waals surface area contributed by atoms with Gasteiger partial charge in [0.05, 0.1) is 17.3 Å². The summed E-state index contributed by atoms with van der Waals surface area (Å²) in [5, 5.41) is 1.09. The minimum absolute atomic E-state index is 0.316. The van der Waals surface area contributed by atoms with Gasteiger partial charge in [-0.2, -0.15) is 0 Å². The summed E-state index contributed by atoms with van der Waals surface area (Å²) in [7, 11) is 1.61. The summed E-state index contributed by atoms with van der Waals surface area (Å²) in [5.41, 5.74) is 1.57. The first kappa shape index (κ1) is 12.7. The summed E-state index contributed by atoms with van der Waals surface area (Å²) in [5.74, 6) is 0. The Morgan fingerprint density at radius 1 is 1.47 bits per heavy atom. The van der Waals surface area contributed by atoms with Crippen LogP contribution in [0.1, 0.15) is 5.56 Å². The van der Waals surface area contributed by atoms with E-state index in [1.54, 1.807) is 19.2 Å². The molecule has 1 rings (SSSR count). The zero-order valence-electron chi connectivity index (χ0n) is 8.18. The van der Waals surface area contributed by atoms with Crippen LogP contribution in [0.5, 0.6) is 0 Å². The van der Waals surface area contributed by atoms with E-state index in [9.17, 15) is 8.78 Å². The van der Waals surface area contributed by atoms with Crippen LogP contribution >= 0.6 is 27.5 Å². The molecular formula is C10H11BrClF2N. The van der Waals surface area contributed by atoms with Gasteiger partial charge in [-0.1, -0.05) is 39.7 Å². The third kappa shape index (κ3) is 3.31. The average Bonchev–Trinajstić information content (AvgIpc) is 2.15. The van der Waals surface area contributed by atoms with Crippen molar-refractivity contribution < 1.29 is 8.78 Å². The first-order valence-electron chi connectivity index (χ1n) is 4.39. The molecule has 0 unspecified atom stereocenters. The SMILES string of the molecule is CN(CC(F)F)c1c(Cl)cccc1CBr. The molecule has 0 aliphatic rings. The maximum absolute atomic E-state index is 12.2. The van der Waals surface area contributed by atoms with E-state index in [0.717, 1.165) is 5.56 Å². The minimum Gasteiger partial charge on any atom is -0.367 e. The van der Waals surface area contributed by atoms with Gasteiger partial charge in [0, 0.05) is 12.4 Å². The molecule has 0 aliphatic carbocycles. The number of halogens is 4. The van der Waals surface area contributed by atoms with E-state index in [2.05, 4.69) is 15.9 Å². The van der Waals surface area contributed by atoms with E-state index >= 15 is 0 Å². The number of nitrogens with zero attached hydrogens (tertiary/aromatic N) is 1. The van der Waals surface area contributed by atoms with Crippen molar-refractivity contribution in [1.29, 1.82) is 0 Å². The van der Waals surface area contributed by atoms with E-state index in [1.807, 2.05) is 6.07 Å². The third-order valence-corrected chi connectivity index (χ3v) is 2.92. The smallest absolute Gasteiger partial charge is 0.255 e. The van der Waals surface area contributed by atoms with E-state index in [0.29, 0.717) is 16.0 Å². The third-order valence-electron chi connectivity index (χ3n) is 2.01. The van der Waals surface area contributed by atoms with Gasteiger partial charge in [0.15, 0.2) is 0 Å². The molecule has 0 atom stereocenters. The molecule has 0 aliphatic heterocycles. The van der Waals surface area contributed by atoms with Crippen LogP contribution in [-0.2, 0) is 5.33 Å². The fourth-order valence-electron chi connectivity index (χ4n) is 1.39. The molecule has 0 spiro atoms. The van der Waals surface area contributed by atoms with Crippen LogP contribution in [0, 0.1) is 0 Å². The van der Waals surface area contributed by atoms with Crippen LogP contribution in [-0.4, -0.2) is 20.0 Å². The highest BCUT2D eigenvalue weighted by atomic mass is 79.9. The van der Waals surface area contributed by atoms with Gasteiger partial charge >= 0.3 is 0 Å². The molecule has 1 aromatic rings. The second-order valence-corrected chi connectivity index (χ2v) is 4.12. The molecule has 0 saturated heterocycles. The normalized spacial score (nSPS) is 10.8. The maximum Gasteiger partial charge on any atom is 0.255 e. The molecule has 84 valence electrons.